The van der Waals surface area contributed by atoms with Crippen LogP contribution in [-0.4, -0.2) is 30.7 Å². The number of fused-ring (bicyclic) bond motifs is 2. The van der Waals surface area contributed by atoms with Gasteiger partial charge in [-0.2, -0.15) is 9.61 Å². The molecule has 0 radical (unpaired) electrons. The van der Waals surface area contributed by atoms with Crippen LogP contribution in [0, 0.1) is 5.92 Å². The number of nitrogens with zero attached hydrogens (tertiary/aromatic N) is 4. The van der Waals surface area contributed by atoms with Crippen molar-refractivity contribution in [2.45, 2.75) is 25.2 Å². The van der Waals surface area contributed by atoms with Gasteiger partial charge in [0.2, 0.25) is 0 Å². The monoisotopic (exact) mass is 451 g/mol. The number of anilines is 1. The molecule has 7 nitrogen and oxygen atoms in total. The Morgan fingerprint density at radius 2 is 2.07 bits per heavy atom. The van der Waals surface area contributed by atoms with Gasteiger partial charge in [0.1, 0.15) is 5.82 Å². The SMILES string of the molecule is Nc1c(Br)c(C2CCC(C(=O)O)C2)nc2c(-c3cnc4ccccc4c3)cnn12. The third-order valence-corrected chi connectivity index (χ3v) is 6.53. The number of aromatic nitrogens is 4. The molecule has 0 aliphatic heterocycles. The molecule has 2 unspecified atom stereocenters. The molecule has 3 aromatic heterocycles. The first-order chi connectivity index (χ1) is 14.0. The van der Waals surface area contributed by atoms with E-state index in [4.69, 9.17) is 10.7 Å². The highest BCUT2D eigenvalue weighted by atomic mass is 79.9. The van der Waals surface area contributed by atoms with E-state index < -0.39 is 5.97 Å². The maximum absolute atomic E-state index is 11.4. The Balaban J connectivity index is 1.64. The molecular formula is C21H18BrN5O2. The van der Waals surface area contributed by atoms with Crippen LogP contribution in [0.5, 0.6) is 0 Å². The predicted molar refractivity (Wildman–Crippen MR) is 114 cm³/mol. The maximum atomic E-state index is 11.4. The van der Waals surface area contributed by atoms with Crippen molar-refractivity contribution in [2.75, 3.05) is 5.73 Å². The molecule has 1 fully saturated rings. The fourth-order valence-electron chi connectivity index (χ4n) is 4.16. The molecule has 146 valence electrons. The molecule has 0 saturated heterocycles. The van der Waals surface area contributed by atoms with E-state index in [1.54, 1.807) is 10.7 Å². The van der Waals surface area contributed by atoms with Crippen molar-refractivity contribution < 1.29 is 9.90 Å². The quantitative estimate of drug-likeness (QED) is 0.481. The Bertz CT molecular complexity index is 1270. The van der Waals surface area contributed by atoms with Crippen LogP contribution in [0.4, 0.5) is 5.82 Å². The van der Waals surface area contributed by atoms with Gasteiger partial charge in [-0.05, 0) is 47.3 Å². The number of carboxylic acids is 1. The van der Waals surface area contributed by atoms with E-state index in [1.807, 2.05) is 30.5 Å². The predicted octanol–water partition coefficient (Wildman–Crippen LogP) is 4.26. The topological polar surface area (TPSA) is 106 Å². The molecule has 1 aromatic carbocycles. The van der Waals surface area contributed by atoms with E-state index in [1.165, 1.54) is 0 Å². The van der Waals surface area contributed by atoms with Gasteiger partial charge in [0.05, 0.1) is 27.8 Å². The minimum Gasteiger partial charge on any atom is -0.481 e. The first kappa shape index (κ1) is 18.1. The van der Waals surface area contributed by atoms with Gasteiger partial charge in [0, 0.05) is 28.6 Å². The number of aliphatic carboxylic acids is 1. The summed E-state index contributed by atoms with van der Waals surface area (Å²) in [6.07, 6.45) is 5.56. The van der Waals surface area contributed by atoms with E-state index in [0.29, 0.717) is 28.8 Å². The van der Waals surface area contributed by atoms with Crippen LogP contribution in [0.2, 0.25) is 0 Å². The number of rotatable bonds is 3. The van der Waals surface area contributed by atoms with Gasteiger partial charge in [0.25, 0.3) is 0 Å². The summed E-state index contributed by atoms with van der Waals surface area (Å²) in [6, 6.07) is 10.00. The van der Waals surface area contributed by atoms with Crippen molar-refractivity contribution in [1.82, 2.24) is 19.6 Å². The molecule has 2 atom stereocenters. The number of benzene rings is 1. The number of pyridine rings is 1. The van der Waals surface area contributed by atoms with E-state index in [-0.39, 0.29) is 11.8 Å². The van der Waals surface area contributed by atoms with Crippen LogP contribution < -0.4 is 5.73 Å². The average molecular weight is 452 g/mol. The summed E-state index contributed by atoms with van der Waals surface area (Å²) in [6.45, 7) is 0. The molecule has 0 spiro atoms. The summed E-state index contributed by atoms with van der Waals surface area (Å²) < 4.78 is 2.30. The Morgan fingerprint density at radius 1 is 1.24 bits per heavy atom. The molecule has 8 heteroatoms. The lowest BCUT2D eigenvalue weighted by Crippen LogP contribution is -2.11. The summed E-state index contributed by atoms with van der Waals surface area (Å²) in [5.74, 6) is -0.566. The summed E-state index contributed by atoms with van der Waals surface area (Å²) >= 11 is 3.56. The van der Waals surface area contributed by atoms with Gasteiger partial charge in [0.15, 0.2) is 5.65 Å². The molecule has 3 N–H and O–H groups in total. The summed E-state index contributed by atoms with van der Waals surface area (Å²) in [7, 11) is 0. The average Bonchev–Trinajstić information content (AvgIpc) is 3.38. The number of hydrogen-bond acceptors (Lipinski definition) is 5. The lowest BCUT2D eigenvalue weighted by Gasteiger charge is -2.14. The van der Waals surface area contributed by atoms with Crippen LogP contribution >= 0.6 is 15.9 Å². The standard InChI is InChI=1S/C21H18BrN5O2/c22-17-18(12-5-6-13(8-12)21(28)29)26-20-15(10-25-27(20)19(17)23)14-7-11-3-1-2-4-16(11)24-9-14/h1-4,7,9-10,12-13H,5-6,8,23H2,(H,28,29). The highest BCUT2D eigenvalue weighted by Crippen LogP contribution is 2.42. The smallest absolute Gasteiger partial charge is 0.306 e. The fourth-order valence-corrected chi connectivity index (χ4v) is 4.74. The molecular weight excluding hydrogens is 434 g/mol. The lowest BCUT2D eigenvalue weighted by molar-refractivity contribution is -0.141. The summed E-state index contributed by atoms with van der Waals surface area (Å²) in [5.41, 5.74) is 10.5. The lowest BCUT2D eigenvalue weighted by atomic mass is 10.0. The molecule has 1 aliphatic carbocycles. The highest BCUT2D eigenvalue weighted by molar-refractivity contribution is 9.10. The van der Waals surface area contributed by atoms with Crippen LogP contribution in [0.15, 0.2) is 47.2 Å². The third-order valence-electron chi connectivity index (χ3n) is 5.72. The minimum atomic E-state index is -0.745. The first-order valence-electron chi connectivity index (χ1n) is 9.43. The zero-order chi connectivity index (χ0) is 20.1. The van der Waals surface area contributed by atoms with Crippen LogP contribution in [0.1, 0.15) is 30.9 Å². The summed E-state index contributed by atoms with van der Waals surface area (Å²) in [5, 5.41) is 14.8. The molecule has 29 heavy (non-hydrogen) atoms. The molecule has 5 rings (SSSR count). The van der Waals surface area contributed by atoms with Crippen molar-refractivity contribution in [1.29, 1.82) is 0 Å². The Kier molecular flexibility index (Phi) is 4.24. The summed E-state index contributed by atoms with van der Waals surface area (Å²) in [4.78, 5) is 20.8. The zero-order valence-electron chi connectivity index (χ0n) is 15.4. The van der Waals surface area contributed by atoms with Crippen molar-refractivity contribution >= 4 is 44.3 Å². The third kappa shape index (κ3) is 2.95. The maximum Gasteiger partial charge on any atom is 0.306 e. The van der Waals surface area contributed by atoms with Gasteiger partial charge in [-0.25, -0.2) is 4.98 Å². The second-order valence-corrected chi connectivity index (χ2v) is 8.24. The van der Waals surface area contributed by atoms with E-state index in [2.05, 4.69) is 32.1 Å². The van der Waals surface area contributed by atoms with Crippen molar-refractivity contribution in [2.24, 2.45) is 5.92 Å². The number of hydrogen-bond donors (Lipinski definition) is 2. The molecule has 1 aliphatic rings. The molecule has 1 saturated carbocycles. The van der Waals surface area contributed by atoms with Gasteiger partial charge in [-0.15, -0.1) is 0 Å². The Morgan fingerprint density at radius 3 is 2.86 bits per heavy atom. The fraction of sp³-hybridized carbons (Fsp3) is 0.238. The number of nitrogen functional groups attached to an aromatic ring is 1. The Labute approximate surface area is 174 Å². The molecule has 0 bridgehead atoms. The normalized spacial score (nSPS) is 19.2. The largest absolute Gasteiger partial charge is 0.481 e. The van der Waals surface area contributed by atoms with Crippen molar-refractivity contribution in [3.05, 3.63) is 52.9 Å². The number of nitrogens with two attached hydrogens (primary N) is 1. The van der Waals surface area contributed by atoms with Crippen molar-refractivity contribution in [3.63, 3.8) is 0 Å². The second-order valence-electron chi connectivity index (χ2n) is 7.45. The molecule has 4 aromatic rings. The highest BCUT2D eigenvalue weighted by Gasteiger charge is 2.33. The molecule has 0 amide bonds. The van der Waals surface area contributed by atoms with E-state index in [9.17, 15) is 9.90 Å². The van der Waals surface area contributed by atoms with Crippen LogP contribution in [-0.2, 0) is 4.79 Å². The minimum absolute atomic E-state index is 0.0512. The molecule has 3 heterocycles. The zero-order valence-corrected chi connectivity index (χ0v) is 17.0. The number of halogens is 1. The second kappa shape index (κ2) is 6.81. The van der Waals surface area contributed by atoms with E-state index >= 15 is 0 Å². The van der Waals surface area contributed by atoms with Gasteiger partial charge >= 0.3 is 5.97 Å². The van der Waals surface area contributed by atoms with Crippen LogP contribution in [0.25, 0.3) is 27.7 Å². The van der Waals surface area contributed by atoms with Gasteiger partial charge < -0.3 is 10.8 Å². The van der Waals surface area contributed by atoms with Crippen molar-refractivity contribution in [3.8, 4) is 11.1 Å². The van der Waals surface area contributed by atoms with Gasteiger partial charge in [-0.3, -0.25) is 9.78 Å². The number of carboxylic acid groups (broad SMARTS) is 1. The van der Waals surface area contributed by atoms with E-state index in [0.717, 1.165) is 34.1 Å². The Hall–Kier alpha value is -3.00. The van der Waals surface area contributed by atoms with Crippen LogP contribution in [0.3, 0.4) is 0 Å². The number of carbonyl (C=O) groups is 1. The number of para-hydroxylation sites is 1. The first-order valence-corrected chi connectivity index (χ1v) is 10.2. The van der Waals surface area contributed by atoms with Gasteiger partial charge in [-0.1, -0.05) is 18.2 Å².